The van der Waals surface area contributed by atoms with Crippen molar-refractivity contribution < 1.29 is 0 Å². The fourth-order valence-corrected chi connectivity index (χ4v) is 3.95. The Morgan fingerprint density at radius 1 is 1.29 bits per heavy atom. The Morgan fingerprint density at radius 3 is 2.74 bits per heavy atom. The van der Waals surface area contributed by atoms with Crippen molar-refractivity contribution in [2.75, 3.05) is 0 Å². The first-order valence-corrected chi connectivity index (χ1v) is 11.0. The van der Waals surface area contributed by atoms with Gasteiger partial charge in [-0.05, 0) is 73.9 Å². The number of hydrogen-bond acceptors (Lipinski definition) is 6. The maximum Gasteiger partial charge on any atom is 0.274 e. The van der Waals surface area contributed by atoms with Gasteiger partial charge in [0.1, 0.15) is 11.6 Å². The van der Waals surface area contributed by atoms with Gasteiger partial charge in [0.15, 0.2) is 5.84 Å². The van der Waals surface area contributed by atoms with E-state index in [9.17, 15) is 10.1 Å². The van der Waals surface area contributed by atoms with Gasteiger partial charge in [-0.2, -0.15) is 5.26 Å². The lowest BCUT2D eigenvalue weighted by Crippen LogP contribution is -2.30. The molecule has 0 bridgehead atoms. The van der Waals surface area contributed by atoms with Gasteiger partial charge in [0.2, 0.25) is 0 Å². The Labute approximate surface area is 186 Å². The normalized spacial score (nSPS) is 13.0. The first-order valence-electron chi connectivity index (χ1n) is 10.2. The van der Waals surface area contributed by atoms with Crippen molar-refractivity contribution >= 4 is 23.5 Å². The molecule has 0 radical (unpaired) electrons. The van der Waals surface area contributed by atoms with E-state index in [1.54, 1.807) is 12.3 Å². The van der Waals surface area contributed by atoms with Crippen LogP contribution in [0.1, 0.15) is 56.4 Å². The van der Waals surface area contributed by atoms with Crippen molar-refractivity contribution in [3.63, 3.8) is 0 Å². The van der Waals surface area contributed by atoms with Gasteiger partial charge in [-0.1, -0.05) is 26.0 Å². The third-order valence-corrected chi connectivity index (χ3v) is 5.84. The Bertz CT molecular complexity index is 1150. The van der Waals surface area contributed by atoms with E-state index in [-0.39, 0.29) is 5.56 Å². The maximum absolute atomic E-state index is 13.0. The standard InChI is InChI=1S/C23H28N6OS/c1-14(2)7-8-15-6-5-11-26-28-22(30)20(17(15)13-24)21-27-18-10-9-16(23(3,4)25)12-19(18)31-29-21/h5-6,9-12,14,26H,7-8,25H2,1-4H3,(H,27,29)(H,28,30). The molecule has 0 unspecified atom stereocenters. The van der Waals surface area contributed by atoms with Crippen molar-refractivity contribution in [3.05, 3.63) is 69.1 Å². The molecule has 0 amide bonds. The zero-order chi connectivity index (χ0) is 22.6. The summed E-state index contributed by atoms with van der Waals surface area (Å²) in [5, 5.41) is 15.4. The molecule has 0 saturated heterocycles. The maximum atomic E-state index is 13.0. The first kappa shape index (κ1) is 22.7. The first-order chi connectivity index (χ1) is 14.7. The van der Waals surface area contributed by atoms with Crippen molar-refractivity contribution in [2.45, 2.75) is 51.0 Å². The number of benzene rings is 1. The molecule has 3 rings (SSSR count). The number of nitrogens with one attached hydrogen (secondary N) is 3. The summed E-state index contributed by atoms with van der Waals surface area (Å²) in [4.78, 5) is 18.6. The number of rotatable bonds is 5. The average molecular weight is 437 g/mol. The van der Waals surface area contributed by atoms with Crippen LogP contribution in [-0.4, -0.2) is 16.0 Å². The second kappa shape index (κ2) is 9.41. The second-order valence-corrected chi connectivity index (χ2v) is 9.36. The largest absolute Gasteiger partial charge is 0.322 e. The minimum atomic E-state index is -0.470. The van der Waals surface area contributed by atoms with Crippen molar-refractivity contribution in [2.24, 2.45) is 16.6 Å². The van der Waals surface area contributed by atoms with E-state index in [1.807, 2.05) is 38.1 Å². The van der Waals surface area contributed by atoms with Crippen molar-refractivity contribution in [3.8, 4) is 6.07 Å². The lowest BCUT2D eigenvalue weighted by molar-refractivity contribution is 0.553. The van der Waals surface area contributed by atoms with Crippen LogP contribution in [0.15, 0.2) is 51.2 Å². The molecule has 31 heavy (non-hydrogen) atoms. The molecule has 162 valence electrons. The number of amidine groups is 1. The lowest BCUT2D eigenvalue weighted by atomic mass is 9.95. The van der Waals surface area contributed by atoms with Gasteiger partial charge < -0.3 is 15.6 Å². The summed E-state index contributed by atoms with van der Waals surface area (Å²) in [5.41, 5.74) is 8.39. The molecule has 0 fully saturated rings. The highest BCUT2D eigenvalue weighted by Gasteiger charge is 2.23. The number of aliphatic imine (C=N–C) groups is 1. The quantitative estimate of drug-likeness (QED) is 0.524. The molecule has 8 heteroatoms. The molecule has 0 saturated carbocycles. The van der Waals surface area contributed by atoms with Gasteiger partial charge in [0, 0.05) is 11.7 Å². The summed E-state index contributed by atoms with van der Waals surface area (Å²) in [6.07, 6.45) is 3.22. The van der Waals surface area contributed by atoms with E-state index < -0.39 is 11.1 Å². The van der Waals surface area contributed by atoms with Crippen LogP contribution < -0.4 is 16.0 Å². The van der Waals surface area contributed by atoms with Gasteiger partial charge >= 0.3 is 0 Å². The molecular formula is C23H28N6OS. The van der Waals surface area contributed by atoms with E-state index in [1.165, 1.54) is 11.9 Å². The summed E-state index contributed by atoms with van der Waals surface area (Å²) in [5.74, 6) is 0.826. The molecule has 0 spiro atoms. The van der Waals surface area contributed by atoms with Crippen molar-refractivity contribution in [1.29, 1.82) is 5.26 Å². The SMILES string of the molecule is CC(C)CCc1ccc[nH][nH]c(=O)c(C2=Nc3ccc(C(C)(C)N)cc3SN2)c1C#N. The number of aromatic nitrogens is 2. The average Bonchev–Trinajstić information content (AvgIpc) is 2.79. The Morgan fingerprint density at radius 2 is 2.06 bits per heavy atom. The molecule has 2 aromatic rings. The van der Waals surface area contributed by atoms with Crippen LogP contribution in [0, 0.1) is 17.2 Å². The number of H-pyrrole nitrogens is 2. The lowest BCUT2D eigenvalue weighted by Gasteiger charge is -2.22. The molecule has 5 N–H and O–H groups in total. The number of hydrogen-bond donors (Lipinski definition) is 4. The van der Waals surface area contributed by atoms with E-state index in [0.29, 0.717) is 23.7 Å². The molecule has 1 aromatic carbocycles. The summed E-state index contributed by atoms with van der Waals surface area (Å²) < 4.78 is 3.15. The summed E-state index contributed by atoms with van der Waals surface area (Å²) in [6.45, 7) is 8.16. The van der Waals surface area contributed by atoms with E-state index >= 15 is 0 Å². The molecular weight excluding hydrogens is 408 g/mol. The van der Waals surface area contributed by atoms with Crippen LogP contribution in [0.2, 0.25) is 0 Å². The molecule has 1 aliphatic rings. The number of fused-ring (bicyclic) bond motifs is 1. The monoisotopic (exact) mass is 436 g/mol. The van der Waals surface area contributed by atoms with Crippen LogP contribution >= 0.6 is 11.9 Å². The predicted molar refractivity (Wildman–Crippen MR) is 126 cm³/mol. The van der Waals surface area contributed by atoms with Crippen LogP contribution in [-0.2, 0) is 12.0 Å². The summed E-state index contributed by atoms with van der Waals surface area (Å²) >= 11 is 1.36. The zero-order valence-corrected chi connectivity index (χ0v) is 19.1. The third kappa shape index (κ3) is 5.37. The topological polar surface area (TPSA) is 123 Å². The van der Waals surface area contributed by atoms with Crippen LogP contribution in [0.4, 0.5) is 5.69 Å². The van der Waals surface area contributed by atoms with Gasteiger partial charge in [-0.25, -0.2) is 4.99 Å². The van der Waals surface area contributed by atoms with Gasteiger partial charge in [0.25, 0.3) is 5.56 Å². The highest BCUT2D eigenvalue weighted by molar-refractivity contribution is 7.98. The van der Waals surface area contributed by atoms with Gasteiger partial charge in [-0.3, -0.25) is 9.89 Å². The number of nitrogens with two attached hydrogens (primary N) is 1. The number of nitrogens with zero attached hydrogens (tertiary/aromatic N) is 2. The number of aromatic amines is 2. The molecule has 7 nitrogen and oxygen atoms in total. The van der Waals surface area contributed by atoms with E-state index in [2.05, 4.69) is 39.8 Å². The third-order valence-electron chi connectivity index (χ3n) is 4.99. The highest BCUT2D eigenvalue weighted by Crippen LogP contribution is 2.35. The van der Waals surface area contributed by atoms with Crippen molar-refractivity contribution in [1.82, 2.24) is 14.9 Å². The van der Waals surface area contributed by atoms with Gasteiger partial charge in [-0.15, -0.1) is 0 Å². The van der Waals surface area contributed by atoms with E-state index in [4.69, 9.17) is 5.73 Å². The Kier molecular flexibility index (Phi) is 6.88. The summed E-state index contributed by atoms with van der Waals surface area (Å²) in [7, 11) is 0. The van der Waals surface area contributed by atoms with Crippen LogP contribution in [0.25, 0.3) is 0 Å². The number of nitriles is 1. The predicted octanol–water partition coefficient (Wildman–Crippen LogP) is 4.17. The van der Waals surface area contributed by atoms with E-state index in [0.717, 1.165) is 28.1 Å². The molecule has 1 aromatic heterocycles. The summed E-state index contributed by atoms with van der Waals surface area (Å²) in [6, 6.07) is 11.7. The van der Waals surface area contributed by atoms with Crippen LogP contribution in [0.3, 0.4) is 0 Å². The Balaban J connectivity index is 2.19. The molecule has 2 heterocycles. The second-order valence-electron chi connectivity index (χ2n) is 8.51. The fraction of sp³-hybridized carbons (Fsp3) is 0.348. The highest BCUT2D eigenvalue weighted by atomic mass is 32.2. The minimum absolute atomic E-state index is 0.218. The molecule has 0 aliphatic carbocycles. The van der Waals surface area contributed by atoms with Crippen LogP contribution in [0.5, 0.6) is 0 Å². The minimum Gasteiger partial charge on any atom is -0.322 e. The molecule has 0 atom stereocenters. The fourth-order valence-electron chi connectivity index (χ4n) is 3.19. The smallest absolute Gasteiger partial charge is 0.274 e. The number of aryl methyl sites for hydroxylation is 1. The zero-order valence-electron chi connectivity index (χ0n) is 18.2. The molecule has 1 aliphatic heterocycles. The Hall–Kier alpha value is -3.02. The van der Waals surface area contributed by atoms with Gasteiger partial charge in [0.05, 0.1) is 16.1 Å².